The van der Waals surface area contributed by atoms with Crippen LogP contribution in [0.3, 0.4) is 0 Å². The molecule has 0 bridgehead atoms. The summed E-state index contributed by atoms with van der Waals surface area (Å²) in [6.45, 7) is 6.37. The molecule has 2 heterocycles. The third-order valence-corrected chi connectivity index (χ3v) is 4.46. The highest BCUT2D eigenvalue weighted by Gasteiger charge is 2.25. The molecule has 1 atom stereocenters. The lowest BCUT2D eigenvalue weighted by molar-refractivity contribution is 0.0719. The van der Waals surface area contributed by atoms with E-state index < -0.39 is 0 Å². The summed E-state index contributed by atoms with van der Waals surface area (Å²) >= 11 is 0. The first-order valence-corrected chi connectivity index (χ1v) is 8.70. The van der Waals surface area contributed by atoms with Crippen molar-refractivity contribution in [2.45, 2.75) is 33.4 Å². The standard InChI is InChI=1S/C20H23N3O3/c1-13(2)12-23-19(24)16-9-6-5-8-15(16)18(21-23)20(25)22(4)14(3)17-10-7-11-26-17/h5-11,13-14H,12H2,1-4H3. The van der Waals surface area contributed by atoms with Gasteiger partial charge in [-0.05, 0) is 31.0 Å². The van der Waals surface area contributed by atoms with Crippen LogP contribution in [0.5, 0.6) is 0 Å². The van der Waals surface area contributed by atoms with Gasteiger partial charge in [-0.3, -0.25) is 9.59 Å². The summed E-state index contributed by atoms with van der Waals surface area (Å²) in [5.74, 6) is 0.687. The van der Waals surface area contributed by atoms with Crippen molar-refractivity contribution in [1.29, 1.82) is 0 Å². The maximum atomic E-state index is 13.2. The quantitative estimate of drug-likeness (QED) is 0.704. The molecular weight excluding hydrogens is 330 g/mol. The average molecular weight is 353 g/mol. The number of furan rings is 1. The molecule has 26 heavy (non-hydrogen) atoms. The van der Waals surface area contributed by atoms with Crippen LogP contribution in [0.15, 0.2) is 51.9 Å². The van der Waals surface area contributed by atoms with E-state index in [-0.39, 0.29) is 29.1 Å². The molecule has 1 aromatic carbocycles. The molecule has 136 valence electrons. The number of fused-ring (bicyclic) bond motifs is 1. The van der Waals surface area contributed by atoms with Crippen molar-refractivity contribution in [1.82, 2.24) is 14.7 Å². The zero-order valence-electron chi connectivity index (χ0n) is 15.5. The van der Waals surface area contributed by atoms with Gasteiger partial charge in [0.1, 0.15) is 5.76 Å². The van der Waals surface area contributed by atoms with Gasteiger partial charge in [-0.2, -0.15) is 5.10 Å². The minimum Gasteiger partial charge on any atom is -0.467 e. The highest BCUT2D eigenvalue weighted by Crippen LogP contribution is 2.23. The van der Waals surface area contributed by atoms with Crippen molar-refractivity contribution in [2.24, 2.45) is 5.92 Å². The molecule has 0 fully saturated rings. The molecule has 3 rings (SSSR count). The third-order valence-electron chi connectivity index (χ3n) is 4.46. The van der Waals surface area contributed by atoms with E-state index in [4.69, 9.17) is 4.42 Å². The fourth-order valence-electron chi connectivity index (χ4n) is 2.93. The molecule has 0 saturated carbocycles. The normalized spacial score (nSPS) is 12.5. The molecule has 2 aromatic heterocycles. The monoisotopic (exact) mass is 353 g/mol. The Morgan fingerprint density at radius 1 is 1.15 bits per heavy atom. The van der Waals surface area contributed by atoms with Crippen LogP contribution in [0.4, 0.5) is 0 Å². The lowest BCUT2D eigenvalue weighted by atomic mass is 10.1. The number of rotatable bonds is 5. The van der Waals surface area contributed by atoms with E-state index >= 15 is 0 Å². The van der Waals surface area contributed by atoms with Gasteiger partial charge in [-0.25, -0.2) is 4.68 Å². The van der Waals surface area contributed by atoms with Gasteiger partial charge in [0.05, 0.1) is 17.7 Å². The van der Waals surface area contributed by atoms with E-state index in [1.165, 1.54) is 4.68 Å². The maximum absolute atomic E-state index is 13.2. The first-order chi connectivity index (χ1) is 12.4. The van der Waals surface area contributed by atoms with E-state index in [0.29, 0.717) is 23.1 Å². The number of aromatic nitrogens is 2. The highest BCUT2D eigenvalue weighted by atomic mass is 16.3. The topological polar surface area (TPSA) is 68.3 Å². The second-order valence-corrected chi connectivity index (χ2v) is 6.88. The van der Waals surface area contributed by atoms with Crippen molar-refractivity contribution in [2.75, 3.05) is 7.05 Å². The van der Waals surface area contributed by atoms with Gasteiger partial charge in [-0.1, -0.05) is 32.0 Å². The van der Waals surface area contributed by atoms with Crippen molar-refractivity contribution < 1.29 is 9.21 Å². The van der Waals surface area contributed by atoms with Gasteiger partial charge < -0.3 is 9.32 Å². The Kier molecular flexibility index (Phi) is 4.93. The molecule has 6 heteroatoms. The summed E-state index contributed by atoms with van der Waals surface area (Å²) in [4.78, 5) is 27.4. The number of carbonyl (C=O) groups is 1. The van der Waals surface area contributed by atoms with E-state index in [2.05, 4.69) is 5.10 Å². The van der Waals surface area contributed by atoms with Crippen LogP contribution in [0, 0.1) is 5.92 Å². The van der Waals surface area contributed by atoms with Crippen molar-refractivity contribution >= 4 is 16.7 Å². The molecule has 0 spiro atoms. The lowest BCUT2D eigenvalue weighted by Crippen LogP contribution is -2.34. The smallest absolute Gasteiger partial charge is 0.275 e. The second-order valence-electron chi connectivity index (χ2n) is 6.88. The zero-order chi connectivity index (χ0) is 18.8. The van der Waals surface area contributed by atoms with Gasteiger partial charge in [-0.15, -0.1) is 0 Å². The van der Waals surface area contributed by atoms with Crippen LogP contribution in [0.1, 0.15) is 43.1 Å². The molecule has 0 saturated heterocycles. The average Bonchev–Trinajstić information content (AvgIpc) is 3.16. The number of hydrogen-bond acceptors (Lipinski definition) is 4. The largest absolute Gasteiger partial charge is 0.467 e. The molecule has 3 aromatic rings. The SMILES string of the molecule is CC(C)Cn1nc(C(=O)N(C)C(C)c2ccco2)c2ccccc2c1=O. The van der Waals surface area contributed by atoms with Gasteiger partial charge in [0, 0.05) is 19.0 Å². The Labute approximate surface area is 152 Å². The molecule has 0 N–H and O–H groups in total. The molecule has 0 aliphatic carbocycles. The van der Waals surface area contributed by atoms with Crippen LogP contribution in [0.2, 0.25) is 0 Å². The summed E-state index contributed by atoms with van der Waals surface area (Å²) in [6.07, 6.45) is 1.58. The van der Waals surface area contributed by atoms with Gasteiger partial charge in [0.25, 0.3) is 11.5 Å². The minimum absolute atomic E-state index is 0.174. The molecule has 0 aliphatic heterocycles. The molecule has 1 amide bonds. The van der Waals surface area contributed by atoms with E-state index in [9.17, 15) is 9.59 Å². The number of amides is 1. The number of benzene rings is 1. The van der Waals surface area contributed by atoms with E-state index in [1.807, 2.05) is 32.9 Å². The van der Waals surface area contributed by atoms with Crippen LogP contribution in [-0.2, 0) is 6.54 Å². The Bertz CT molecular complexity index is 974. The predicted molar refractivity (Wildman–Crippen MR) is 100 cm³/mol. The van der Waals surface area contributed by atoms with Crippen LogP contribution in [0.25, 0.3) is 10.8 Å². The van der Waals surface area contributed by atoms with Crippen LogP contribution < -0.4 is 5.56 Å². The van der Waals surface area contributed by atoms with Crippen LogP contribution >= 0.6 is 0 Å². The molecule has 1 unspecified atom stereocenters. The maximum Gasteiger partial charge on any atom is 0.275 e. The van der Waals surface area contributed by atoms with Gasteiger partial charge >= 0.3 is 0 Å². The Morgan fingerprint density at radius 2 is 1.85 bits per heavy atom. The number of hydrogen-bond donors (Lipinski definition) is 0. The van der Waals surface area contributed by atoms with E-state index in [1.54, 1.807) is 42.5 Å². The number of nitrogens with zero attached hydrogens (tertiary/aromatic N) is 3. The minimum atomic E-state index is -0.248. The second kappa shape index (κ2) is 7.15. The molecular formula is C20H23N3O3. The fraction of sp³-hybridized carbons (Fsp3) is 0.350. The van der Waals surface area contributed by atoms with Gasteiger partial charge in [0.2, 0.25) is 0 Å². The Hall–Kier alpha value is -2.89. The highest BCUT2D eigenvalue weighted by molar-refractivity contribution is 6.04. The summed E-state index contributed by atoms with van der Waals surface area (Å²) in [5, 5.41) is 5.48. The van der Waals surface area contributed by atoms with Crippen molar-refractivity contribution in [3.63, 3.8) is 0 Å². The predicted octanol–water partition coefficient (Wildman–Crippen LogP) is 3.48. The molecule has 0 aliphatic rings. The summed E-state index contributed by atoms with van der Waals surface area (Å²) in [5.41, 5.74) is 0.106. The first-order valence-electron chi connectivity index (χ1n) is 8.70. The Balaban J connectivity index is 2.09. The van der Waals surface area contributed by atoms with Crippen LogP contribution in [-0.4, -0.2) is 27.6 Å². The summed E-state index contributed by atoms with van der Waals surface area (Å²) in [7, 11) is 1.71. The molecule has 6 nitrogen and oxygen atoms in total. The van der Waals surface area contributed by atoms with E-state index in [0.717, 1.165) is 0 Å². The summed E-state index contributed by atoms with van der Waals surface area (Å²) in [6, 6.07) is 10.5. The number of carbonyl (C=O) groups excluding carboxylic acids is 1. The van der Waals surface area contributed by atoms with Crippen molar-refractivity contribution in [3.8, 4) is 0 Å². The first kappa shape index (κ1) is 17.9. The zero-order valence-corrected chi connectivity index (χ0v) is 15.5. The summed E-state index contributed by atoms with van der Waals surface area (Å²) < 4.78 is 6.81. The molecule has 0 radical (unpaired) electrons. The Morgan fingerprint density at radius 3 is 2.46 bits per heavy atom. The third kappa shape index (κ3) is 3.27. The van der Waals surface area contributed by atoms with Gasteiger partial charge in [0.15, 0.2) is 5.69 Å². The van der Waals surface area contributed by atoms with Crippen molar-refractivity contribution in [3.05, 3.63) is 64.5 Å². The lowest BCUT2D eigenvalue weighted by Gasteiger charge is -2.24. The fourth-order valence-corrected chi connectivity index (χ4v) is 2.93.